The van der Waals surface area contributed by atoms with Crippen LogP contribution in [-0.4, -0.2) is 68.9 Å². The first-order chi connectivity index (χ1) is 13.6. The Labute approximate surface area is 188 Å². The summed E-state index contributed by atoms with van der Waals surface area (Å²) in [5, 5.41) is 3.37. The van der Waals surface area contributed by atoms with Crippen molar-refractivity contribution in [3.8, 4) is 0 Å². The zero-order valence-electron chi connectivity index (χ0n) is 16.9. The van der Waals surface area contributed by atoms with Gasteiger partial charge >= 0.3 is 0 Å². The molecule has 2 aromatic rings. The van der Waals surface area contributed by atoms with Crippen LogP contribution in [0.25, 0.3) is 0 Å². The fraction of sp³-hybridized carbons (Fsp3) is 0.500. The molecule has 2 saturated heterocycles. The Kier molecular flexibility index (Phi) is 8.64. The van der Waals surface area contributed by atoms with E-state index < -0.39 is 0 Å². The number of piperazine rings is 1. The molecule has 2 unspecified atom stereocenters. The van der Waals surface area contributed by atoms with Crippen molar-refractivity contribution in [2.75, 3.05) is 32.7 Å². The lowest BCUT2D eigenvalue weighted by molar-refractivity contribution is -0.140. The van der Waals surface area contributed by atoms with Crippen LogP contribution in [-0.2, 0) is 11.8 Å². The fourth-order valence-electron chi connectivity index (χ4n) is 4.17. The molecule has 0 aliphatic carbocycles. The van der Waals surface area contributed by atoms with Gasteiger partial charge in [-0.3, -0.25) is 14.6 Å². The van der Waals surface area contributed by atoms with Crippen molar-refractivity contribution >= 4 is 36.6 Å². The predicted octanol–water partition coefficient (Wildman–Crippen LogP) is 1.68. The number of nitrogens with one attached hydrogen (secondary N) is 1. The van der Waals surface area contributed by atoms with Crippen LogP contribution in [0.15, 0.2) is 36.9 Å². The number of rotatable bonds is 3. The number of pyridine rings is 1. The minimum atomic E-state index is -0.166. The number of carbonyl (C=O) groups excluding carboxylic acids is 2. The Morgan fingerprint density at radius 1 is 1.13 bits per heavy atom. The van der Waals surface area contributed by atoms with Crippen molar-refractivity contribution in [3.63, 3.8) is 0 Å². The van der Waals surface area contributed by atoms with Crippen LogP contribution in [0.5, 0.6) is 0 Å². The Morgan fingerprint density at radius 3 is 2.60 bits per heavy atom. The molecule has 10 heteroatoms. The summed E-state index contributed by atoms with van der Waals surface area (Å²) in [6.45, 7) is 3.29. The number of nitrogens with zero attached hydrogens (tertiary/aromatic N) is 5. The molecule has 0 spiro atoms. The van der Waals surface area contributed by atoms with Gasteiger partial charge in [0.05, 0.1) is 5.92 Å². The number of aromatic nitrogens is 3. The fourth-order valence-corrected chi connectivity index (χ4v) is 4.17. The van der Waals surface area contributed by atoms with Gasteiger partial charge in [0, 0.05) is 70.1 Å². The third-order valence-electron chi connectivity index (χ3n) is 5.67. The number of likely N-dealkylation sites (tertiary alicyclic amines) is 1. The number of imidazole rings is 1. The highest BCUT2D eigenvalue weighted by molar-refractivity contribution is 5.94. The second kappa shape index (κ2) is 10.7. The Bertz CT molecular complexity index is 847. The van der Waals surface area contributed by atoms with Crippen LogP contribution >= 0.6 is 24.8 Å². The summed E-state index contributed by atoms with van der Waals surface area (Å²) in [6, 6.07) is 3.37. The van der Waals surface area contributed by atoms with Gasteiger partial charge in [-0.25, -0.2) is 4.98 Å². The number of carbonyl (C=O) groups is 2. The Morgan fingerprint density at radius 2 is 1.90 bits per heavy atom. The molecule has 2 fully saturated rings. The summed E-state index contributed by atoms with van der Waals surface area (Å²) >= 11 is 0. The smallest absolute Gasteiger partial charge is 0.253 e. The molecular weight excluding hydrogens is 427 g/mol. The van der Waals surface area contributed by atoms with Gasteiger partial charge in [0.25, 0.3) is 5.91 Å². The summed E-state index contributed by atoms with van der Waals surface area (Å²) < 4.78 is 1.97. The third kappa shape index (κ3) is 4.94. The molecule has 0 bridgehead atoms. The number of amides is 2. The molecule has 0 radical (unpaired) electrons. The summed E-state index contributed by atoms with van der Waals surface area (Å²) in [7, 11) is 1.95. The van der Waals surface area contributed by atoms with Crippen molar-refractivity contribution in [2.45, 2.75) is 18.9 Å². The van der Waals surface area contributed by atoms with Crippen molar-refractivity contribution < 1.29 is 9.59 Å². The van der Waals surface area contributed by atoms with Crippen LogP contribution in [0.2, 0.25) is 0 Å². The average molecular weight is 455 g/mol. The van der Waals surface area contributed by atoms with Gasteiger partial charge in [-0.2, -0.15) is 0 Å². The molecule has 8 nitrogen and oxygen atoms in total. The predicted molar refractivity (Wildman–Crippen MR) is 118 cm³/mol. The maximum absolute atomic E-state index is 13.4. The van der Waals surface area contributed by atoms with E-state index in [9.17, 15) is 9.59 Å². The normalized spacial score (nSPS) is 21.4. The van der Waals surface area contributed by atoms with Crippen molar-refractivity contribution in [1.29, 1.82) is 0 Å². The lowest BCUT2D eigenvalue weighted by Crippen LogP contribution is -2.53. The van der Waals surface area contributed by atoms with Gasteiger partial charge in [-0.05, 0) is 25.0 Å². The lowest BCUT2D eigenvalue weighted by Gasteiger charge is -2.40. The molecule has 4 heterocycles. The quantitative estimate of drug-likeness (QED) is 0.762. The molecule has 2 amide bonds. The van der Waals surface area contributed by atoms with E-state index in [1.807, 2.05) is 22.7 Å². The number of hydrogen-bond acceptors (Lipinski definition) is 5. The van der Waals surface area contributed by atoms with Gasteiger partial charge in [-0.15, -0.1) is 24.8 Å². The number of halogens is 2. The second-order valence-electron chi connectivity index (χ2n) is 7.47. The molecular formula is C20H28Cl2N6O2. The molecule has 4 rings (SSSR count). The number of piperidine rings is 1. The van der Waals surface area contributed by atoms with Crippen molar-refractivity contribution in [1.82, 2.24) is 29.7 Å². The van der Waals surface area contributed by atoms with E-state index in [-0.39, 0.29) is 48.6 Å². The highest BCUT2D eigenvalue weighted by Gasteiger charge is 2.36. The number of hydrogen-bond donors (Lipinski definition) is 1. The molecule has 2 aliphatic rings. The maximum atomic E-state index is 13.4. The SMILES string of the molecule is Cl.Cl.Cn1ccnc1C1CNCCN1C(=O)C1CCCN(C(=O)c2ccncc2)C1. The largest absolute Gasteiger partial charge is 0.338 e. The highest BCUT2D eigenvalue weighted by atomic mass is 35.5. The molecule has 164 valence electrons. The van der Waals surface area contributed by atoms with E-state index in [1.54, 1.807) is 35.6 Å². The van der Waals surface area contributed by atoms with E-state index >= 15 is 0 Å². The van der Waals surface area contributed by atoms with E-state index in [0.29, 0.717) is 31.7 Å². The van der Waals surface area contributed by atoms with E-state index in [1.165, 1.54) is 0 Å². The van der Waals surface area contributed by atoms with Gasteiger partial charge in [0.15, 0.2) is 0 Å². The van der Waals surface area contributed by atoms with Crippen LogP contribution in [0.3, 0.4) is 0 Å². The molecule has 2 aromatic heterocycles. The minimum Gasteiger partial charge on any atom is -0.338 e. The third-order valence-corrected chi connectivity index (χ3v) is 5.67. The van der Waals surface area contributed by atoms with E-state index in [4.69, 9.17) is 0 Å². The average Bonchev–Trinajstić information content (AvgIpc) is 3.19. The minimum absolute atomic E-state index is 0. The number of aryl methyl sites for hydroxylation is 1. The summed E-state index contributed by atoms with van der Waals surface area (Å²) in [5.41, 5.74) is 0.621. The van der Waals surface area contributed by atoms with E-state index in [0.717, 1.165) is 25.2 Å². The molecule has 30 heavy (non-hydrogen) atoms. The molecule has 1 N–H and O–H groups in total. The summed E-state index contributed by atoms with van der Waals surface area (Å²) in [5.74, 6) is 0.823. The Balaban J connectivity index is 0.00000160. The zero-order valence-corrected chi connectivity index (χ0v) is 18.6. The maximum Gasteiger partial charge on any atom is 0.253 e. The highest BCUT2D eigenvalue weighted by Crippen LogP contribution is 2.26. The second-order valence-corrected chi connectivity index (χ2v) is 7.47. The molecule has 0 saturated carbocycles. The Hall–Kier alpha value is -2.16. The van der Waals surface area contributed by atoms with Crippen LogP contribution in [0.1, 0.15) is 35.1 Å². The van der Waals surface area contributed by atoms with Gasteiger partial charge in [0.1, 0.15) is 11.9 Å². The monoisotopic (exact) mass is 454 g/mol. The van der Waals surface area contributed by atoms with Gasteiger partial charge in [0.2, 0.25) is 5.91 Å². The lowest BCUT2D eigenvalue weighted by atomic mass is 9.94. The summed E-state index contributed by atoms with van der Waals surface area (Å²) in [4.78, 5) is 38.4. The molecule has 0 aromatic carbocycles. The van der Waals surface area contributed by atoms with Gasteiger partial charge in [-0.1, -0.05) is 0 Å². The standard InChI is InChI=1S/C20H26N6O2.2ClH/c1-24-11-9-23-18(24)17-13-22-8-12-26(17)20(28)16-3-2-10-25(14-16)19(27)15-4-6-21-7-5-15;;/h4-7,9,11,16-17,22H,2-3,8,10,12-14H2,1H3;2*1H. The first-order valence-electron chi connectivity index (χ1n) is 9.83. The molecule has 2 aliphatic heterocycles. The van der Waals surface area contributed by atoms with E-state index in [2.05, 4.69) is 15.3 Å². The first kappa shape index (κ1) is 24.1. The van der Waals surface area contributed by atoms with Crippen LogP contribution < -0.4 is 5.32 Å². The van der Waals surface area contributed by atoms with Crippen molar-refractivity contribution in [3.05, 3.63) is 48.3 Å². The first-order valence-corrected chi connectivity index (χ1v) is 9.83. The van der Waals surface area contributed by atoms with Crippen LogP contribution in [0.4, 0.5) is 0 Å². The van der Waals surface area contributed by atoms with Crippen molar-refractivity contribution in [2.24, 2.45) is 13.0 Å². The summed E-state index contributed by atoms with van der Waals surface area (Å²) in [6.07, 6.45) is 8.57. The molecule has 2 atom stereocenters. The van der Waals surface area contributed by atoms with Crippen LogP contribution in [0, 0.1) is 5.92 Å². The zero-order chi connectivity index (χ0) is 19.5. The van der Waals surface area contributed by atoms with Gasteiger partial charge < -0.3 is 19.7 Å². The topological polar surface area (TPSA) is 83.4 Å².